The summed E-state index contributed by atoms with van der Waals surface area (Å²) in [6.45, 7) is 8.32. The van der Waals surface area contributed by atoms with E-state index in [0.717, 1.165) is 101 Å². The van der Waals surface area contributed by atoms with Gasteiger partial charge in [0.15, 0.2) is 6.29 Å². The van der Waals surface area contributed by atoms with E-state index in [2.05, 4.69) is 32.9 Å². The number of carbonyl (C=O) groups is 1. The number of unbranched alkanes of at least 4 members (excludes halogenated alkanes) is 3. The van der Waals surface area contributed by atoms with Gasteiger partial charge in [0.25, 0.3) is 0 Å². The summed E-state index contributed by atoms with van der Waals surface area (Å²) in [4.78, 5) is 11.7. The second-order valence-corrected chi connectivity index (χ2v) is 16.9. The van der Waals surface area contributed by atoms with E-state index in [1.165, 1.54) is 0 Å². The topological polar surface area (TPSA) is 94.5 Å². The third-order valence-corrected chi connectivity index (χ3v) is 12.7. The number of ether oxygens (including phenoxy) is 4. The molecule has 7 nitrogen and oxygen atoms in total. The van der Waals surface area contributed by atoms with Crippen LogP contribution >= 0.6 is 0 Å². The monoisotopic (exact) mass is 708 g/mol. The Morgan fingerprint density at radius 2 is 1.74 bits per heavy atom. The molecule has 0 spiro atoms. The zero-order chi connectivity index (χ0) is 32.8. The Hall–Kier alpha value is -1.25. The molecule has 260 valence electrons. The Kier molecular flexibility index (Phi) is 16.1. The standard InChI is InChI=1S/C38H60O7Se/c1-4-5-24-38(2,3)34(45-36-21-13-15-26-43-36)23-22-30-29(31(39)27-32(30)44-35-20-12-14-25-42-35)18-10-7-11-19-33(37(40)41)46-28-16-8-6-9-17-28/h6,8-9,16-17,22-23,29-36,39H,4-5,7,10-15,18-21,24-27H2,1-3H3,(H,40,41)/b23-22+/t29-,30-,31+,32-,33?,34-,35?,36?/m1/s1. The van der Waals surface area contributed by atoms with E-state index in [1.807, 2.05) is 30.3 Å². The van der Waals surface area contributed by atoms with E-state index in [4.69, 9.17) is 18.9 Å². The summed E-state index contributed by atoms with van der Waals surface area (Å²) in [6, 6.07) is 10.00. The number of aliphatic hydroxyl groups excluding tert-OH is 1. The van der Waals surface area contributed by atoms with Crippen molar-refractivity contribution in [1.29, 1.82) is 0 Å². The van der Waals surface area contributed by atoms with Gasteiger partial charge in [0.2, 0.25) is 0 Å². The fraction of sp³-hybridized carbons (Fsp3) is 0.763. The van der Waals surface area contributed by atoms with Crippen LogP contribution in [0.25, 0.3) is 0 Å². The number of hydrogen-bond acceptors (Lipinski definition) is 6. The van der Waals surface area contributed by atoms with Crippen LogP contribution in [0, 0.1) is 17.3 Å². The fourth-order valence-corrected chi connectivity index (χ4v) is 9.33. The quantitative estimate of drug-likeness (QED) is 0.0878. The number of aliphatic hydroxyl groups is 1. The summed E-state index contributed by atoms with van der Waals surface area (Å²) in [6.07, 6.45) is 18.1. The minimum atomic E-state index is -0.692. The summed E-state index contributed by atoms with van der Waals surface area (Å²) in [5, 5.41) is 21.2. The Balaban J connectivity index is 1.41. The first-order valence-electron chi connectivity index (χ1n) is 18.1. The van der Waals surface area contributed by atoms with E-state index in [9.17, 15) is 15.0 Å². The summed E-state index contributed by atoms with van der Waals surface area (Å²) in [5.74, 6) is -0.546. The van der Waals surface area contributed by atoms with Gasteiger partial charge in [0.1, 0.15) is 0 Å². The van der Waals surface area contributed by atoms with Crippen LogP contribution in [0.3, 0.4) is 0 Å². The predicted molar refractivity (Wildman–Crippen MR) is 183 cm³/mol. The molecule has 0 amide bonds. The van der Waals surface area contributed by atoms with Gasteiger partial charge in [-0.15, -0.1) is 0 Å². The molecule has 3 aliphatic rings. The molecule has 2 N–H and O–H groups in total. The average Bonchev–Trinajstić information content (AvgIpc) is 3.35. The van der Waals surface area contributed by atoms with Crippen molar-refractivity contribution >= 4 is 25.4 Å². The third-order valence-electron chi connectivity index (χ3n) is 10.0. The maximum absolute atomic E-state index is 12.0. The predicted octanol–water partition coefficient (Wildman–Crippen LogP) is 7.43. The molecule has 3 unspecified atom stereocenters. The molecule has 8 atom stereocenters. The molecule has 46 heavy (non-hydrogen) atoms. The van der Waals surface area contributed by atoms with Crippen LogP contribution in [0.1, 0.15) is 117 Å². The van der Waals surface area contributed by atoms with Gasteiger partial charge in [-0.1, -0.05) is 33.6 Å². The van der Waals surface area contributed by atoms with Crippen molar-refractivity contribution in [3.8, 4) is 0 Å². The van der Waals surface area contributed by atoms with Crippen molar-refractivity contribution in [2.24, 2.45) is 17.3 Å². The van der Waals surface area contributed by atoms with Gasteiger partial charge in [-0.25, -0.2) is 0 Å². The normalized spacial score (nSPS) is 28.8. The number of hydrogen-bond donors (Lipinski definition) is 2. The van der Waals surface area contributed by atoms with Gasteiger partial charge in [0, 0.05) is 13.2 Å². The minimum Gasteiger partial charge on any atom is -0.353 e. The molecule has 1 aromatic carbocycles. The molecule has 8 heteroatoms. The maximum atomic E-state index is 12.0. The van der Waals surface area contributed by atoms with Crippen LogP contribution in [0.5, 0.6) is 0 Å². The third kappa shape index (κ3) is 12.0. The molecular weight excluding hydrogens is 647 g/mol. The number of rotatable bonds is 19. The van der Waals surface area contributed by atoms with E-state index in [0.29, 0.717) is 12.8 Å². The molecule has 3 fully saturated rings. The van der Waals surface area contributed by atoms with Gasteiger partial charge < -0.3 is 4.74 Å². The second-order valence-electron chi connectivity index (χ2n) is 14.2. The fourth-order valence-electron chi connectivity index (χ4n) is 7.17. The molecule has 1 aromatic rings. The molecule has 2 aliphatic heterocycles. The number of aliphatic carboxylic acids is 1. The van der Waals surface area contributed by atoms with E-state index in [-0.39, 0.29) is 61.8 Å². The van der Waals surface area contributed by atoms with Crippen molar-refractivity contribution in [3.05, 3.63) is 42.5 Å². The van der Waals surface area contributed by atoms with Crippen LogP contribution in [0.2, 0.25) is 4.82 Å². The van der Waals surface area contributed by atoms with Crippen molar-refractivity contribution in [3.63, 3.8) is 0 Å². The van der Waals surface area contributed by atoms with Gasteiger partial charge in [0.05, 0.1) is 0 Å². The van der Waals surface area contributed by atoms with Crippen molar-refractivity contribution < 1.29 is 34.0 Å². The van der Waals surface area contributed by atoms with Crippen molar-refractivity contribution in [2.45, 2.75) is 153 Å². The SMILES string of the molecule is CCCCC(C)(C)[C@@H](/C=C/[C@@H]1[C@@H](CCCCCC([Se]c2ccccc2)C(=O)O)[C@@H](O)C[C@H]1OC1CCCCO1)OC1CCCCO1. The molecule has 0 radical (unpaired) electrons. The number of carboxylic acids is 1. The molecule has 0 aromatic heterocycles. The zero-order valence-electron chi connectivity index (χ0n) is 28.5. The number of carboxylic acid groups (broad SMARTS) is 1. The first-order chi connectivity index (χ1) is 22.3. The van der Waals surface area contributed by atoms with Gasteiger partial charge in [-0.05, 0) is 38.5 Å². The van der Waals surface area contributed by atoms with E-state index in [1.54, 1.807) is 0 Å². The summed E-state index contributed by atoms with van der Waals surface area (Å²) in [5.41, 5.74) is -0.0508. The van der Waals surface area contributed by atoms with Crippen LogP contribution in [0.15, 0.2) is 42.5 Å². The van der Waals surface area contributed by atoms with Gasteiger partial charge in [-0.3, -0.25) is 0 Å². The smallest absolute Gasteiger partial charge is 0.353 e. The first kappa shape index (κ1) is 37.6. The number of benzene rings is 1. The molecule has 1 aliphatic carbocycles. The Morgan fingerprint density at radius 1 is 1.02 bits per heavy atom. The molecule has 4 rings (SSSR count). The summed E-state index contributed by atoms with van der Waals surface area (Å²) >= 11 is -0.0808. The van der Waals surface area contributed by atoms with E-state index < -0.39 is 12.1 Å². The minimum absolute atomic E-state index is 0.0508. The first-order valence-corrected chi connectivity index (χ1v) is 20.0. The molecule has 1 saturated carbocycles. The van der Waals surface area contributed by atoms with Crippen molar-refractivity contribution in [1.82, 2.24) is 0 Å². The molecule has 0 bridgehead atoms. The Labute approximate surface area is 284 Å². The van der Waals surface area contributed by atoms with Crippen LogP contribution < -0.4 is 4.46 Å². The Bertz CT molecular complexity index is 1020. The average molecular weight is 708 g/mol. The van der Waals surface area contributed by atoms with Gasteiger partial charge >= 0.3 is 189 Å². The van der Waals surface area contributed by atoms with Gasteiger partial charge in [-0.2, -0.15) is 0 Å². The zero-order valence-corrected chi connectivity index (χ0v) is 30.2. The molecular formula is C38H60O7Se. The second kappa shape index (κ2) is 19.7. The Morgan fingerprint density at radius 3 is 2.39 bits per heavy atom. The molecule has 2 saturated heterocycles. The summed E-state index contributed by atoms with van der Waals surface area (Å²) in [7, 11) is 0. The molecule has 2 heterocycles. The van der Waals surface area contributed by atoms with E-state index >= 15 is 0 Å². The van der Waals surface area contributed by atoms with Crippen LogP contribution in [-0.4, -0.2) is 75.2 Å². The van der Waals surface area contributed by atoms with Crippen LogP contribution in [-0.2, 0) is 23.7 Å². The van der Waals surface area contributed by atoms with Crippen LogP contribution in [0.4, 0.5) is 0 Å². The summed E-state index contributed by atoms with van der Waals surface area (Å²) < 4.78 is 26.4. The van der Waals surface area contributed by atoms with Crippen molar-refractivity contribution in [2.75, 3.05) is 13.2 Å².